The van der Waals surface area contributed by atoms with Crippen molar-refractivity contribution in [3.8, 4) is 0 Å². The summed E-state index contributed by atoms with van der Waals surface area (Å²) in [6, 6.07) is 13.8. The number of hydrogen-bond acceptors (Lipinski definition) is 5. The molecule has 1 aliphatic heterocycles. The molecule has 2 aromatic carbocycles. The molecule has 0 spiro atoms. The molecule has 1 fully saturated rings. The topological polar surface area (TPSA) is 55.8 Å². The zero-order valence-electron chi connectivity index (χ0n) is 16.9. The van der Waals surface area contributed by atoms with Gasteiger partial charge in [-0.05, 0) is 62.7 Å². The van der Waals surface area contributed by atoms with Gasteiger partial charge in [0.1, 0.15) is 0 Å². The predicted octanol–water partition coefficient (Wildman–Crippen LogP) is 4.38. The van der Waals surface area contributed by atoms with Crippen molar-refractivity contribution in [3.05, 3.63) is 70.2 Å². The van der Waals surface area contributed by atoms with E-state index in [-0.39, 0.29) is 18.0 Å². The Morgan fingerprint density at radius 1 is 1.03 bits per heavy atom. The quantitative estimate of drug-likeness (QED) is 0.517. The second-order valence-electron chi connectivity index (χ2n) is 7.57. The number of benzene rings is 2. The first kappa shape index (κ1) is 21.5. The Morgan fingerprint density at radius 2 is 1.59 bits per heavy atom. The number of hydrogen-bond donors (Lipinski definition) is 0. The van der Waals surface area contributed by atoms with Gasteiger partial charge in [-0.3, -0.25) is 9.69 Å². The molecule has 3 rings (SSSR count). The average molecular weight is 416 g/mol. The number of halogens is 1. The molecule has 0 aromatic heterocycles. The molecule has 3 unspecified atom stereocenters. The van der Waals surface area contributed by atoms with E-state index in [4.69, 9.17) is 21.1 Å². The van der Waals surface area contributed by atoms with Gasteiger partial charge >= 0.3 is 5.97 Å². The molecule has 1 heterocycles. The van der Waals surface area contributed by atoms with Crippen LogP contribution in [-0.4, -0.2) is 48.1 Å². The van der Waals surface area contributed by atoms with Gasteiger partial charge in [0.15, 0.2) is 6.10 Å². The Morgan fingerprint density at radius 3 is 2.17 bits per heavy atom. The van der Waals surface area contributed by atoms with Crippen LogP contribution in [0, 0.1) is 0 Å². The summed E-state index contributed by atoms with van der Waals surface area (Å²) < 4.78 is 11.1. The maximum Gasteiger partial charge on any atom is 0.338 e. The normalized spacial score (nSPS) is 20.8. The zero-order chi connectivity index (χ0) is 21.0. The third-order valence-electron chi connectivity index (χ3n) is 4.87. The molecule has 1 aliphatic rings. The van der Waals surface area contributed by atoms with Crippen LogP contribution >= 0.6 is 11.6 Å². The van der Waals surface area contributed by atoms with Crippen molar-refractivity contribution in [2.24, 2.45) is 0 Å². The van der Waals surface area contributed by atoms with E-state index in [9.17, 15) is 9.59 Å². The largest absolute Gasteiger partial charge is 0.451 e. The Balaban J connectivity index is 1.57. The number of nitrogens with zero attached hydrogens (tertiary/aromatic N) is 1. The molecule has 1 saturated heterocycles. The van der Waals surface area contributed by atoms with Crippen LogP contribution in [0.4, 0.5) is 0 Å². The molecule has 0 saturated carbocycles. The maximum absolute atomic E-state index is 12.4. The number of carbonyl (C=O) groups excluding carboxylic acids is 2. The lowest BCUT2D eigenvalue weighted by molar-refractivity contribution is -0.0704. The fourth-order valence-corrected chi connectivity index (χ4v) is 3.67. The van der Waals surface area contributed by atoms with Crippen molar-refractivity contribution in [2.75, 3.05) is 13.1 Å². The van der Waals surface area contributed by atoms with Gasteiger partial charge in [-0.15, -0.1) is 0 Å². The second kappa shape index (κ2) is 9.53. The number of esters is 1. The molecule has 154 valence electrons. The van der Waals surface area contributed by atoms with E-state index in [1.54, 1.807) is 43.3 Å². The molecule has 2 aromatic rings. The lowest BCUT2D eigenvalue weighted by Crippen LogP contribution is -2.44. The Labute approximate surface area is 176 Å². The standard InChI is InChI=1S/C23H26ClNO4/c1-15-12-25(13-16(2)28-15)14-18-4-6-20(7-5-18)23(27)29-17(3)22(26)19-8-10-21(24)11-9-19/h4-11,15-17H,12-14H2,1-3H3. The first-order chi connectivity index (χ1) is 13.8. The first-order valence-corrected chi connectivity index (χ1v) is 10.2. The van der Waals surface area contributed by atoms with Gasteiger partial charge in [-0.1, -0.05) is 23.7 Å². The third kappa shape index (κ3) is 5.89. The summed E-state index contributed by atoms with van der Waals surface area (Å²) in [6.07, 6.45) is -0.444. The molecule has 0 aliphatic carbocycles. The van der Waals surface area contributed by atoms with E-state index in [1.807, 2.05) is 12.1 Å². The molecule has 0 N–H and O–H groups in total. The van der Waals surface area contributed by atoms with Gasteiger partial charge in [-0.2, -0.15) is 0 Å². The van der Waals surface area contributed by atoms with E-state index < -0.39 is 12.1 Å². The monoisotopic (exact) mass is 415 g/mol. The fourth-order valence-electron chi connectivity index (χ4n) is 3.55. The number of Topliss-reactive ketones (excluding diaryl/α,β-unsaturated/α-hetero) is 1. The highest BCUT2D eigenvalue weighted by Gasteiger charge is 2.23. The molecule has 0 amide bonds. The van der Waals surface area contributed by atoms with Crippen LogP contribution in [0.15, 0.2) is 48.5 Å². The first-order valence-electron chi connectivity index (χ1n) is 9.79. The zero-order valence-corrected chi connectivity index (χ0v) is 17.7. The molecule has 0 bridgehead atoms. The minimum Gasteiger partial charge on any atom is -0.451 e. The molecule has 0 radical (unpaired) electrons. The van der Waals surface area contributed by atoms with Gasteiger partial charge in [0.05, 0.1) is 17.8 Å². The number of rotatable bonds is 6. The van der Waals surface area contributed by atoms with Gasteiger partial charge in [-0.25, -0.2) is 4.79 Å². The van der Waals surface area contributed by atoms with Crippen molar-refractivity contribution in [3.63, 3.8) is 0 Å². The van der Waals surface area contributed by atoms with Gasteiger partial charge in [0.25, 0.3) is 0 Å². The second-order valence-corrected chi connectivity index (χ2v) is 8.00. The number of morpholine rings is 1. The molecule has 6 heteroatoms. The molecule has 5 nitrogen and oxygen atoms in total. The summed E-state index contributed by atoms with van der Waals surface area (Å²) in [6.45, 7) is 8.31. The lowest BCUT2D eigenvalue weighted by atomic mass is 10.1. The highest BCUT2D eigenvalue weighted by Crippen LogP contribution is 2.16. The summed E-state index contributed by atoms with van der Waals surface area (Å²) in [5, 5.41) is 0.548. The van der Waals surface area contributed by atoms with Crippen LogP contribution in [0.5, 0.6) is 0 Å². The summed E-state index contributed by atoms with van der Waals surface area (Å²) in [7, 11) is 0. The maximum atomic E-state index is 12.4. The molecular weight excluding hydrogens is 390 g/mol. The Hall–Kier alpha value is -2.21. The van der Waals surface area contributed by atoms with E-state index in [1.165, 1.54) is 0 Å². The van der Waals surface area contributed by atoms with Gasteiger partial charge in [0, 0.05) is 30.2 Å². The van der Waals surface area contributed by atoms with Crippen molar-refractivity contribution in [2.45, 2.75) is 45.6 Å². The highest BCUT2D eigenvalue weighted by atomic mass is 35.5. The van der Waals surface area contributed by atoms with Crippen LogP contribution < -0.4 is 0 Å². The van der Waals surface area contributed by atoms with Crippen molar-refractivity contribution in [1.29, 1.82) is 0 Å². The van der Waals surface area contributed by atoms with E-state index in [0.717, 1.165) is 25.2 Å². The average Bonchev–Trinajstić information content (AvgIpc) is 2.67. The van der Waals surface area contributed by atoms with Crippen LogP contribution in [0.25, 0.3) is 0 Å². The van der Waals surface area contributed by atoms with Crippen LogP contribution in [0.3, 0.4) is 0 Å². The minimum atomic E-state index is -0.875. The minimum absolute atomic E-state index is 0.215. The predicted molar refractivity (Wildman–Crippen MR) is 112 cm³/mol. The number of ketones is 1. The Kier molecular flexibility index (Phi) is 7.06. The number of ether oxygens (including phenoxy) is 2. The highest BCUT2D eigenvalue weighted by molar-refractivity contribution is 6.30. The Bertz CT molecular complexity index is 840. The lowest BCUT2D eigenvalue weighted by Gasteiger charge is -2.35. The van der Waals surface area contributed by atoms with Crippen LogP contribution in [0.2, 0.25) is 5.02 Å². The third-order valence-corrected chi connectivity index (χ3v) is 5.12. The van der Waals surface area contributed by atoms with Crippen molar-refractivity contribution >= 4 is 23.4 Å². The SMILES string of the molecule is CC1CN(Cc2ccc(C(=O)OC(C)C(=O)c3ccc(Cl)cc3)cc2)CC(C)O1. The van der Waals surface area contributed by atoms with Gasteiger partial charge in [0.2, 0.25) is 5.78 Å². The fraction of sp³-hybridized carbons (Fsp3) is 0.391. The van der Waals surface area contributed by atoms with Crippen molar-refractivity contribution in [1.82, 2.24) is 4.90 Å². The summed E-state index contributed by atoms with van der Waals surface area (Å²) in [4.78, 5) is 27.2. The van der Waals surface area contributed by atoms with Crippen molar-refractivity contribution < 1.29 is 19.1 Å². The van der Waals surface area contributed by atoms with E-state index >= 15 is 0 Å². The van der Waals surface area contributed by atoms with Crippen LogP contribution in [0.1, 0.15) is 47.1 Å². The summed E-state index contributed by atoms with van der Waals surface area (Å²) >= 11 is 5.84. The van der Waals surface area contributed by atoms with E-state index in [0.29, 0.717) is 16.1 Å². The molecule has 29 heavy (non-hydrogen) atoms. The summed E-state index contributed by atoms with van der Waals surface area (Å²) in [5.74, 6) is -0.776. The summed E-state index contributed by atoms with van der Waals surface area (Å²) in [5.41, 5.74) is 2.00. The van der Waals surface area contributed by atoms with Crippen LogP contribution in [-0.2, 0) is 16.0 Å². The van der Waals surface area contributed by atoms with E-state index in [2.05, 4.69) is 18.7 Å². The molecule has 3 atom stereocenters. The van der Waals surface area contributed by atoms with Gasteiger partial charge < -0.3 is 9.47 Å². The molecular formula is C23H26ClNO4. The smallest absolute Gasteiger partial charge is 0.338 e. The number of carbonyl (C=O) groups is 2.